The molecular weight excluding hydrogens is 236 g/mol. The van der Waals surface area contributed by atoms with E-state index in [1.807, 2.05) is 0 Å². The Labute approximate surface area is 115 Å². The molecule has 0 amide bonds. The van der Waals surface area contributed by atoms with Gasteiger partial charge in [-0.2, -0.15) is 0 Å². The fourth-order valence-corrected chi connectivity index (χ4v) is 8.39. The highest BCUT2D eigenvalue weighted by molar-refractivity contribution is 6.60. The van der Waals surface area contributed by atoms with Crippen molar-refractivity contribution in [2.24, 2.45) is 5.92 Å². The molecule has 1 heterocycles. The third kappa shape index (κ3) is 4.38. The highest BCUT2D eigenvalue weighted by Crippen LogP contribution is 2.41. The van der Waals surface area contributed by atoms with Crippen LogP contribution in [0.25, 0.3) is 0 Å². The summed E-state index contributed by atoms with van der Waals surface area (Å²) in [6.45, 7) is 2.31. The molecule has 1 saturated carbocycles. The predicted molar refractivity (Wildman–Crippen MR) is 81.9 cm³/mol. The zero-order valence-electron chi connectivity index (χ0n) is 12.2. The Kier molecular flexibility index (Phi) is 6.23. The van der Waals surface area contributed by atoms with E-state index in [4.69, 9.17) is 0 Å². The first kappa shape index (κ1) is 14.6. The molecule has 1 aliphatic carbocycles. The molecule has 0 spiro atoms. The summed E-state index contributed by atoms with van der Waals surface area (Å²) < 4.78 is 0. The van der Waals surface area contributed by atoms with E-state index in [0.717, 1.165) is 24.3 Å². The molecule has 2 aliphatic rings. The van der Waals surface area contributed by atoms with Gasteiger partial charge in [0.15, 0.2) is 0 Å². The molecule has 0 radical (unpaired) electrons. The van der Waals surface area contributed by atoms with Gasteiger partial charge >= 0.3 is 0 Å². The van der Waals surface area contributed by atoms with Gasteiger partial charge in [0.1, 0.15) is 0 Å². The first-order chi connectivity index (χ1) is 8.79. The van der Waals surface area contributed by atoms with Gasteiger partial charge in [-0.25, -0.2) is 0 Å². The van der Waals surface area contributed by atoms with Crippen LogP contribution in [0.4, 0.5) is 0 Å². The van der Waals surface area contributed by atoms with Crippen molar-refractivity contribution in [1.29, 1.82) is 0 Å². The summed E-state index contributed by atoms with van der Waals surface area (Å²) >= 11 is 0. The zero-order chi connectivity index (χ0) is 12.8. The van der Waals surface area contributed by atoms with E-state index in [1.54, 1.807) is 12.8 Å². The van der Waals surface area contributed by atoms with Crippen LogP contribution in [-0.4, -0.2) is 20.0 Å². The number of aliphatic hydroxyl groups excluding tert-OH is 1. The van der Waals surface area contributed by atoms with Gasteiger partial charge in [0.05, 0.1) is 6.10 Å². The standard InChI is InChI=1S/C16H32OSi/c1-2-3-4-5-14-6-8-16(9-7-14)18-12-10-15(17)11-13-18/h14-18H,2-13H2,1H3. The van der Waals surface area contributed by atoms with Gasteiger partial charge in [0.25, 0.3) is 0 Å². The number of unbranched alkanes of at least 4 members (excludes halogenated alkanes) is 2. The Bertz CT molecular complexity index is 215. The highest BCUT2D eigenvalue weighted by Gasteiger charge is 2.30. The van der Waals surface area contributed by atoms with Crippen molar-refractivity contribution in [3.05, 3.63) is 0 Å². The van der Waals surface area contributed by atoms with Gasteiger partial charge < -0.3 is 5.11 Å². The van der Waals surface area contributed by atoms with E-state index in [2.05, 4.69) is 6.92 Å². The first-order valence-electron chi connectivity index (χ1n) is 8.47. The maximum Gasteiger partial charge on any atom is 0.0534 e. The van der Waals surface area contributed by atoms with E-state index < -0.39 is 8.80 Å². The van der Waals surface area contributed by atoms with E-state index in [-0.39, 0.29) is 6.10 Å². The third-order valence-corrected chi connectivity index (χ3v) is 9.67. The van der Waals surface area contributed by atoms with Gasteiger partial charge in [-0.05, 0) is 24.3 Å². The molecule has 1 aliphatic heterocycles. The maximum atomic E-state index is 9.61. The van der Waals surface area contributed by atoms with Crippen LogP contribution in [0.5, 0.6) is 0 Å². The molecule has 2 heteroatoms. The molecule has 0 bridgehead atoms. The van der Waals surface area contributed by atoms with Crippen molar-refractivity contribution in [3.8, 4) is 0 Å². The number of hydrogen-bond donors (Lipinski definition) is 1. The smallest absolute Gasteiger partial charge is 0.0534 e. The zero-order valence-corrected chi connectivity index (χ0v) is 13.4. The molecule has 0 aromatic heterocycles. The highest BCUT2D eigenvalue weighted by atomic mass is 28.3. The Morgan fingerprint density at radius 2 is 1.61 bits per heavy atom. The van der Waals surface area contributed by atoms with Crippen LogP contribution in [0.15, 0.2) is 0 Å². The van der Waals surface area contributed by atoms with Gasteiger partial charge in [-0.1, -0.05) is 70.4 Å². The van der Waals surface area contributed by atoms with Crippen molar-refractivity contribution >= 4 is 8.80 Å². The van der Waals surface area contributed by atoms with E-state index in [0.29, 0.717) is 0 Å². The molecule has 0 unspecified atom stereocenters. The minimum atomic E-state index is -0.467. The van der Waals surface area contributed by atoms with Crippen molar-refractivity contribution in [1.82, 2.24) is 0 Å². The summed E-state index contributed by atoms with van der Waals surface area (Å²) in [5.41, 5.74) is 1.14. The molecule has 1 saturated heterocycles. The largest absolute Gasteiger partial charge is 0.393 e. The maximum absolute atomic E-state index is 9.61. The van der Waals surface area contributed by atoms with Crippen molar-refractivity contribution in [3.63, 3.8) is 0 Å². The average molecular weight is 269 g/mol. The molecule has 106 valence electrons. The third-order valence-electron chi connectivity index (χ3n) is 5.52. The lowest BCUT2D eigenvalue weighted by Crippen LogP contribution is -2.31. The van der Waals surface area contributed by atoms with Gasteiger partial charge in [-0.3, -0.25) is 0 Å². The lowest BCUT2D eigenvalue weighted by Gasteiger charge is -2.36. The van der Waals surface area contributed by atoms with E-state index >= 15 is 0 Å². The summed E-state index contributed by atoms with van der Waals surface area (Å²) in [6.07, 6.45) is 14.3. The van der Waals surface area contributed by atoms with Crippen LogP contribution < -0.4 is 0 Å². The minimum Gasteiger partial charge on any atom is -0.393 e. The molecule has 0 aromatic rings. The van der Waals surface area contributed by atoms with Crippen molar-refractivity contribution in [2.75, 3.05) is 0 Å². The molecule has 2 fully saturated rings. The molecule has 1 nitrogen and oxygen atoms in total. The molecule has 0 aromatic carbocycles. The molecule has 18 heavy (non-hydrogen) atoms. The summed E-state index contributed by atoms with van der Waals surface area (Å²) in [7, 11) is -0.467. The first-order valence-corrected chi connectivity index (χ1v) is 10.8. The van der Waals surface area contributed by atoms with Crippen molar-refractivity contribution in [2.45, 2.75) is 94.9 Å². The van der Waals surface area contributed by atoms with Gasteiger partial charge in [0.2, 0.25) is 0 Å². The van der Waals surface area contributed by atoms with Crippen LogP contribution in [0.2, 0.25) is 17.6 Å². The van der Waals surface area contributed by atoms with Gasteiger partial charge in [0, 0.05) is 8.80 Å². The number of hydrogen-bond acceptors (Lipinski definition) is 1. The van der Waals surface area contributed by atoms with Gasteiger partial charge in [-0.15, -0.1) is 0 Å². The summed E-state index contributed by atoms with van der Waals surface area (Å²) in [4.78, 5) is 0. The van der Waals surface area contributed by atoms with Crippen LogP contribution in [0.1, 0.15) is 71.1 Å². The van der Waals surface area contributed by atoms with Crippen LogP contribution in [0, 0.1) is 5.92 Å². The summed E-state index contributed by atoms with van der Waals surface area (Å²) in [5, 5.41) is 9.61. The fourth-order valence-electron chi connectivity index (χ4n) is 4.20. The van der Waals surface area contributed by atoms with Crippen LogP contribution in [-0.2, 0) is 0 Å². The van der Waals surface area contributed by atoms with Crippen LogP contribution >= 0.6 is 0 Å². The molecular formula is C16H32OSi. The Hall–Kier alpha value is 0.177. The molecule has 0 atom stereocenters. The van der Waals surface area contributed by atoms with Crippen LogP contribution in [0.3, 0.4) is 0 Å². The van der Waals surface area contributed by atoms with E-state index in [9.17, 15) is 5.11 Å². The Morgan fingerprint density at radius 1 is 0.944 bits per heavy atom. The second-order valence-corrected chi connectivity index (χ2v) is 10.5. The molecule has 1 N–H and O–H groups in total. The average Bonchev–Trinajstić information content (AvgIpc) is 2.41. The second-order valence-electron chi connectivity index (χ2n) is 6.85. The summed E-state index contributed by atoms with van der Waals surface area (Å²) in [6, 6.07) is 2.87. The second kappa shape index (κ2) is 7.69. The van der Waals surface area contributed by atoms with Crippen molar-refractivity contribution < 1.29 is 5.11 Å². The molecule has 2 rings (SSSR count). The van der Waals surface area contributed by atoms with E-state index in [1.165, 1.54) is 50.6 Å². The lowest BCUT2D eigenvalue weighted by atomic mass is 9.85. The normalized spacial score (nSPS) is 37.7. The predicted octanol–water partition coefficient (Wildman–Crippen LogP) is 4.51. The fraction of sp³-hybridized carbons (Fsp3) is 1.00. The Morgan fingerprint density at radius 3 is 2.22 bits per heavy atom. The Balaban J connectivity index is 1.63. The number of aliphatic hydroxyl groups is 1. The number of rotatable bonds is 5. The SMILES string of the molecule is CCCCCC1CCC([SiH]2CCC(O)CC2)CC1. The topological polar surface area (TPSA) is 20.2 Å². The summed E-state index contributed by atoms with van der Waals surface area (Å²) in [5.74, 6) is 1.07. The minimum absolute atomic E-state index is 0.0548. The lowest BCUT2D eigenvalue weighted by molar-refractivity contribution is 0.159. The quantitative estimate of drug-likeness (QED) is 0.574. The monoisotopic (exact) mass is 268 g/mol.